The minimum Gasteiger partial charge on any atom is -0.381 e. The molecule has 0 atom stereocenters. The molecule has 0 heterocycles. The van der Waals surface area contributed by atoms with Gasteiger partial charge in [-0.25, -0.2) is 0 Å². The molecule has 0 rings (SSSR count). The summed E-state index contributed by atoms with van der Waals surface area (Å²) in [5, 5.41) is 11.0. The van der Waals surface area contributed by atoms with Crippen LogP contribution in [0, 0.1) is 11.3 Å². The van der Waals surface area contributed by atoms with Crippen molar-refractivity contribution in [1.82, 2.24) is 5.32 Å². The molecule has 0 aromatic rings. The Labute approximate surface area is 90.9 Å². The third kappa shape index (κ3) is 7.71. The van der Waals surface area contributed by atoms with Gasteiger partial charge in [0.1, 0.15) is 11.6 Å². The zero-order valence-electron chi connectivity index (χ0n) is 9.21. The van der Waals surface area contributed by atoms with Crippen molar-refractivity contribution in [2.24, 2.45) is 0 Å². The lowest BCUT2D eigenvalue weighted by Gasteiger charge is -2.04. The van der Waals surface area contributed by atoms with Crippen molar-refractivity contribution in [2.45, 2.75) is 26.2 Å². The highest BCUT2D eigenvalue weighted by Crippen LogP contribution is 1.90. The summed E-state index contributed by atoms with van der Waals surface area (Å²) in [6, 6.07) is 1.70. The Bertz CT molecular complexity index is 243. The summed E-state index contributed by atoms with van der Waals surface area (Å²) in [6.07, 6.45) is 2.95. The van der Waals surface area contributed by atoms with E-state index in [-0.39, 0.29) is 5.57 Å². The minimum atomic E-state index is -0.397. The smallest absolute Gasteiger partial charge is 0.261 e. The van der Waals surface area contributed by atoms with Crippen LogP contribution in [-0.4, -0.2) is 25.7 Å². The van der Waals surface area contributed by atoms with E-state index >= 15 is 0 Å². The molecule has 0 unspecified atom stereocenters. The van der Waals surface area contributed by atoms with Crippen LogP contribution in [0.1, 0.15) is 26.2 Å². The van der Waals surface area contributed by atoms with Crippen molar-refractivity contribution < 1.29 is 9.53 Å². The second-order valence-electron chi connectivity index (χ2n) is 3.17. The monoisotopic (exact) mass is 210 g/mol. The van der Waals surface area contributed by atoms with E-state index in [1.165, 1.54) is 0 Å². The summed E-state index contributed by atoms with van der Waals surface area (Å²) in [5.41, 5.74) is -0.0538. The molecular formula is C11H18N2O2. The third-order valence-corrected chi connectivity index (χ3v) is 1.80. The predicted octanol–water partition coefficient (Wildman–Crippen LogP) is 1.39. The van der Waals surface area contributed by atoms with E-state index in [0.29, 0.717) is 13.2 Å². The maximum Gasteiger partial charge on any atom is 0.261 e. The molecule has 84 valence electrons. The number of nitriles is 1. The lowest BCUT2D eigenvalue weighted by Crippen LogP contribution is -2.25. The fourth-order valence-corrected chi connectivity index (χ4v) is 0.882. The Morgan fingerprint density at radius 3 is 2.73 bits per heavy atom. The SMILES string of the molecule is C=C(C#N)C(=O)NCCCOCCCC. The highest BCUT2D eigenvalue weighted by atomic mass is 16.5. The normalized spacial score (nSPS) is 9.33. The van der Waals surface area contributed by atoms with E-state index in [9.17, 15) is 4.79 Å². The van der Waals surface area contributed by atoms with Crippen LogP contribution in [0.15, 0.2) is 12.2 Å². The minimum absolute atomic E-state index is 0.0538. The van der Waals surface area contributed by atoms with Gasteiger partial charge in [-0.3, -0.25) is 4.79 Å². The molecule has 4 nitrogen and oxygen atoms in total. The van der Waals surface area contributed by atoms with Crippen LogP contribution in [-0.2, 0) is 9.53 Å². The van der Waals surface area contributed by atoms with E-state index < -0.39 is 5.91 Å². The molecule has 0 aromatic heterocycles. The standard InChI is InChI=1S/C11H18N2O2/c1-3-4-7-15-8-5-6-13-11(14)10(2)9-12/h2-8H2,1H3,(H,13,14). The van der Waals surface area contributed by atoms with E-state index in [2.05, 4.69) is 18.8 Å². The number of carbonyl (C=O) groups excluding carboxylic acids is 1. The van der Waals surface area contributed by atoms with Gasteiger partial charge in [-0.2, -0.15) is 5.26 Å². The molecule has 0 saturated carbocycles. The Balaban J connectivity index is 3.28. The largest absolute Gasteiger partial charge is 0.381 e. The molecule has 15 heavy (non-hydrogen) atoms. The molecule has 0 spiro atoms. The first-order valence-electron chi connectivity index (χ1n) is 5.17. The van der Waals surface area contributed by atoms with Crippen LogP contribution in [0.4, 0.5) is 0 Å². The first-order valence-corrected chi connectivity index (χ1v) is 5.17. The molecule has 0 radical (unpaired) electrons. The highest BCUT2D eigenvalue weighted by Gasteiger charge is 2.03. The van der Waals surface area contributed by atoms with Gasteiger partial charge >= 0.3 is 0 Å². The first kappa shape index (κ1) is 13.7. The molecule has 1 N–H and O–H groups in total. The summed E-state index contributed by atoms with van der Waals surface area (Å²) in [6.45, 7) is 7.35. The molecule has 4 heteroatoms. The van der Waals surface area contributed by atoms with Crippen LogP contribution in [0.3, 0.4) is 0 Å². The Morgan fingerprint density at radius 2 is 2.13 bits per heavy atom. The van der Waals surface area contributed by atoms with Gasteiger partial charge in [-0.1, -0.05) is 19.9 Å². The number of rotatable bonds is 8. The molecule has 0 bridgehead atoms. The lowest BCUT2D eigenvalue weighted by atomic mass is 10.3. The molecule has 0 aliphatic rings. The Morgan fingerprint density at radius 1 is 1.47 bits per heavy atom. The van der Waals surface area contributed by atoms with E-state index in [1.54, 1.807) is 6.07 Å². The number of carbonyl (C=O) groups is 1. The molecule has 0 fully saturated rings. The van der Waals surface area contributed by atoms with Crippen molar-refractivity contribution in [1.29, 1.82) is 5.26 Å². The molecule has 1 amide bonds. The van der Waals surface area contributed by atoms with Crippen LogP contribution in [0.2, 0.25) is 0 Å². The van der Waals surface area contributed by atoms with Gasteiger partial charge in [0.05, 0.1) is 0 Å². The van der Waals surface area contributed by atoms with Gasteiger partial charge in [0.25, 0.3) is 5.91 Å². The summed E-state index contributed by atoms with van der Waals surface area (Å²) in [5.74, 6) is -0.397. The number of unbranched alkanes of at least 4 members (excludes halogenated alkanes) is 1. The second-order valence-corrected chi connectivity index (χ2v) is 3.17. The van der Waals surface area contributed by atoms with Gasteiger partial charge in [0.2, 0.25) is 0 Å². The average Bonchev–Trinajstić information content (AvgIpc) is 2.26. The van der Waals surface area contributed by atoms with Crippen LogP contribution in [0.5, 0.6) is 0 Å². The van der Waals surface area contributed by atoms with Crippen LogP contribution in [0.25, 0.3) is 0 Å². The van der Waals surface area contributed by atoms with E-state index in [0.717, 1.165) is 25.9 Å². The fraction of sp³-hybridized carbons (Fsp3) is 0.636. The zero-order valence-corrected chi connectivity index (χ0v) is 9.21. The van der Waals surface area contributed by atoms with Crippen LogP contribution >= 0.6 is 0 Å². The number of nitrogens with zero attached hydrogens (tertiary/aromatic N) is 1. The number of amides is 1. The number of hydrogen-bond donors (Lipinski definition) is 1. The van der Waals surface area contributed by atoms with Gasteiger partial charge in [-0.15, -0.1) is 0 Å². The maximum absolute atomic E-state index is 11.0. The molecule has 0 saturated heterocycles. The predicted molar refractivity (Wildman–Crippen MR) is 58.1 cm³/mol. The summed E-state index contributed by atoms with van der Waals surface area (Å²) in [4.78, 5) is 11.0. The number of hydrogen-bond acceptors (Lipinski definition) is 3. The topological polar surface area (TPSA) is 62.1 Å². The highest BCUT2D eigenvalue weighted by molar-refractivity contribution is 5.96. The Kier molecular flexibility index (Phi) is 8.40. The summed E-state index contributed by atoms with van der Waals surface area (Å²) in [7, 11) is 0. The first-order chi connectivity index (χ1) is 7.22. The molecular weight excluding hydrogens is 192 g/mol. The van der Waals surface area contributed by atoms with Crippen LogP contribution < -0.4 is 5.32 Å². The molecule has 0 aliphatic carbocycles. The Hall–Kier alpha value is -1.34. The summed E-state index contributed by atoms with van der Waals surface area (Å²) >= 11 is 0. The van der Waals surface area contributed by atoms with Gasteiger partial charge in [-0.05, 0) is 12.8 Å². The van der Waals surface area contributed by atoms with Crippen molar-refractivity contribution in [3.05, 3.63) is 12.2 Å². The average molecular weight is 210 g/mol. The van der Waals surface area contributed by atoms with Crippen molar-refractivity contribution in [2.75, 3.05) is 19.8 Å². The quantitative estimate of drug-likeness (QED) is 0.374. The molecule has 0 aromatic carbocycles. The van der Waals surface area contributed by atoms with Crippen molar-refractivity contribution in [3.63, 3.8) is 0 Å². The van der Waals surface area contributed by atoms with E-state index in [4.69, 9.17) is 10.00 Å². The van der Waals surface area contributed by atoms with Crippen molar-refractivity contribution >= 4 is 5.91 Å². The zero-order chi connectivity index (χ0) is 11.5. The van der Waals surface area contributed by atoms with E-state index in [1.807, 2.05) is 0 Å². The number of nitrogens with one attached hydrogen (secondary N) is 1. The maximum atomic E-state index is 11.0. The summed E-state index contributed by atoms with van der Waals surface area (Å²) < 4.78 is 5.30. The lowest BCUT2D eigenvalue weighted by molar-refractivity contribution is -0.117. The molecule has 0 aliphatic heterocycles. The number of ether oxygens (including phenoxy) is 1. The fourth-order valence-electron chi connectivity index (χ4n) is 0.882. The van der Waals surface area contributed by atoms with Gasteiger partial charge in [0, 0.05) is 19.8 Å². The van der Waals surface area contributed by atoms with Gasteiger partial charge < -0.3 is 10.1 Å². The van der Waals surface area contributed by atoms with Gasteiger partial charge in [0.15, 0.2) is 0 Å². The van der Waals surface area contributed by atoms with Crippen molar-refractivity contribution in [3.8, 4) is 6.07 Å². The second kappa shape index (κ2) is 9.22. The third-order valence-electron chi connectivity index (χ3n) is 1.80.